The van der Waals surface area contributed by atoms with Crippen molar-refractivity contribution in [3.63, 3.8) is 0 Å². The number of hydrogen-bond donors (Lipinski definition) is 2. The summed E-state index contributed by atoms with van der Waals surface area (Å²) < 4.78 is 0.781. The predicted octanol–water partition coefficient (Wildman–Crippen LogP) is 3.47. The number of aryl methyl sites for hydroxylation is 1. The van der Waals surface area contributed by atoms with E-state index < -0.39 is 5.97 Å². The van der Waals surface area contributed by atoms with Gasteiger partial charge in [-0.1, -0.05) is 15.9 Å². The maximum absolute atomic E-state index is 11.2. The van der Waals surface area contributed by atoms with Gasteiger partial charge in [-0.25, -0.2) is 4.79 Å². The van der Waals surface area contributed by atoms with E-state index in [-0.39, 0.29) is 5.56 Å². The Morgan fingerprint density at radius 1 is 1.40 bits per heavy atom. The summed E-state index contributed by atoms with van der Waals surface area (Å²) >= 11 is 3.29. The number of rotatable bonds is 3. The molecule has 0 bridgehead atoms. The molecule has 0 radical (unpaired) electrons. The van der Waals surface area contributed by atoms with Crippen molar-refractivity contribution >= 4 is 33.3 Å². The molecule has 0 fully saturated rings. The fourth-order valence-corrected chi connectivity index (χ4v) is 2.06. The molecule has 100 valence electrons. The summed E-state index contributed by atoms with van der Waals surface area (Å²) in [5, 5.41) is 21.2. The Morgan fingerprint density at radius 3 is 2.80 bits per heavy atom. The highest BCUT2D eigenvalue weighted by Gasteiger charge is 2.12. The second-order valence-electron chi connectivity index (χ2n) is 4.10. The number of aromatic carboxylic acids is 1. The summed E-state index contributed by atoms with van der Waals surface area (Å²) in [4.78, 5) is 15.1. The summed E-state index contributed by atoms with van der Waals surface area (Å²) in [6.45, 7) is 1.77. The third kappa shape index (κ3) is 2.95. The number of carboxylic acids is 1. The van der Waals surface area contributed by atoms with Gasteiger partial charge < -0.3 is 10.4 Å². The van der Waals surface area contributed by atoms with Crippen molar-refractivity contribution < 1.29 is 9.90 Å². The number of carboxylic acid groups (broad SMARTS) is 1. The molecule has 1 aromatic carbocycles. The maximum atomic E-state index is 11.2. The average molecular weight is 332 g/mol. The second kappa shape index (κ2) is 5.72. The molecule has 0 saturated heterocycles. The van der Waals surface area contributed by atoms with Gasteiger partial charge in [-0.05, 0) is 31.2 Å². The van der Waals surface area contributed by atoms with Gasteiger partial charge in [0.25, 0.3) is 0 Å². The van der Waals surface area contributed by atoms with Crippen molar-refractivity contribution in [2.24, 2.45) is 0 Å². The normalized spacial score (nSPS) is 9.85. The molecule has 20 heavy (non-hydrogen) atoms. The molecular formula is C14H10BrN3O2. The number of aromatic nitrogens is 1. The van der Waals surface area contributed by atoms with Crippen LogP contribution in [0.4, 0.5) is 11.4 Å². The molecule has 2 rings (SSSR count). The third-order valence-corrected chi connectivity index (χ3v) is 3.14. The molecule has 0 saturated carbocycles. The van der Waals surface area contributed by atoms with Crippen LogP contribution in [0.15, 0.2) is 34.9 Å². The van der Waals surface area contributed by atoms with Crippen molar-refractivity contribution in [2.45, 2.75) is 6.92 Å². The van der Waals surface area contributed by atoms with Gasteiger partial charge in [-0.3, -0.25) is 4.98 Å². The number of anilines is 2. The van der Waals surface area contributed by atoms with Crippen LogP contribution in [0.5, 0.6) is 0 Å². The molecule has 6 heteroatoms. The topological polar surface area (TPSA) is 86.0 Å². The van der Waals surface area contributed by atoms with Crippen LogP contribution in [0.2, 0.25) is 0 Å². The van der Waals surface area contributed by atoms with Gasteiger partial charge in [-0.2, -0.15) is 5.26 Å². The van der Waals surface area contributed by atoms with Crippen molar-refractivity contribution in [1.82, 2.24) is 4.98 Å². The molecule has 0 unspecified atom stereocenters. The van der Waals surface area contributed by atoms with Crippen molar-refractivity contribution in [3.05, 3.63) is 51.8 Å². The zero-order chi connectivity index (χ0) is 14.7. The summed E-state index contributed by atoms with van der Waals surface area (Å²) in [5.74, 6) is -1.07. The second-order valence-corrected chi connectivity index (χ2v) is 5.02. The number of nitrogens with zero attached hydrogens (tertiary/aromatic N) is 2. The fourth-order valence-electron chi connectivity index (χ4n) is 1.70. The van der Waals surface area contributed by atoms with Gasteiger partial charge in [0.2, 0.25) is 0 Å². The van der Waals surface area contributed by atoms with Gasteiger partial charge in [0.1, 0.15) is 11.6 Å². The van der Waals surface area contributed by atoms with E-state index in [1.807, 2.05) is 0 Å². The van der Waals surface area contributed by atoms with Crippen molar-refractivity contribution in [2.75, 3.05) is 5.32 Å². The van der Waals surface area contributed by atoms with Crippen LogP contribution in [0.1, 0.15) is 21.6 Å². The largest absolute Gasteiger partial charge is 0.478 e. The standard InChI is InChI=1S/C14H10BrN3O2/c1-8-4-13(11(7-17-8)14(19)20)18-12-3-2-10(15)5-9(12)6-16/h2-5,7H,1H3,(H,17,18)(H,19,20). The summed E-state index contributed by atoms with van der Waals surface area (Å²) in [6, 6.07) is 8.85. The van der Waals surface area contributed by atoms with E-state index in [9.17, 15) is 4.79 Å². The number of nitrogens with one attached hydrogen (secondary N) is 1. The van der Waals surface area contributed by atoms with E-state index in [4.69, 9.17) is 10.4 Å². The molecule has 0 atom stereocenters. The lowest BCUT2D eigenvalue weighted by molar-refractivity contribution is 0.0697. The number of hydrogen-bond acceptors (Lipinski definition) is 4. The number of halogens is 1. The molecule has 0 amide bonds. The first kappa shape index (κ1) is 14.0. The van der Waals surface area contributed by atoms with Crippen LogP contribution in [-0.2, 0) is 0 Å². The van der Waals surface area contributed by atoms with Crippen LogP contribution in [0.25, 0.3) is 0 Å². The SMILES string of the molecule is Cc1cc(Nc2ccc(Br)cc2C#N)c(C(=O)O)cn1. The average Bonchev–Trinajstić information content (AvgIpc) is 2.40. The molecular weight excluding hydrogens is 322 g/mol. The van der Waals surface area contributed by atoms with Gasteiger partial charge in [0, 0.05) is 16.4 Å². The molecule has 5 nitrogen and oxygen atoms in total. The molecule has 1 aromatic heterocycles. The highest BCUT2D eigenvalue weighted by atomic mass is 79.9. The van der Waals surface area contributed by atoms with Crippen LogP contribution in [0.3, 0.4) is 0 Å². The molecule has 0 spiro atoms. The summed E-state index contributed by atoms with van der Waals surface area (Å²) in [7, 11) is 0. The van der Waals surface area contributed by atoms with Crippen molar-refractivity contribution in [3.8, 4) is 6.07 Å². The zero-order valence-electron chi connectivity index (χ0n) is 10.5. The Morgan fingerprint density at radius 2 is 2.15 bits per heavy atom. The predicted molar refractivity (Wildman–Crippen MR) is 78.1 cm³/mol. The maximum Gasteiger partial charge on any atom is 0.339 e. The molecule has 0 aliphatic heterocycles. The van der Waals surface area contributed by atoms with Gasteiger partial charge in [-0.15, -0.1) is 0 Å². The van der Waals surface area contributed by atoms with E-state index >= 15 is 0 Å². The minimum absolute atomic E-state index is 0.0578. The van der Waals surface area contributed by atoms with E-state index in [1.165, 1.54) is 6.20 Å². The molecule has 0 aliphatic rings. The first-order valence-electron chi connectivity index (χ1n) is 5.68. The van der Waals surface area contributed by atoms with Gasteiger partial charge in [0.15, 0.2) is 0 Å². The smallest absolute Gasteiger partial charge is 0.339 e. The molecule has 2 aromatic rings. The Balaban J connectivity index is 2.47. The number of benzene rings is 1. The van der Waals surface area contributed by atoms with E-state index in [0.29, 0.717) is 22.6 Å². The zero-order valence-corrected chi connectivity index (χ0v) is 12.1. The number of carbonyl (C=O) groups is 1. The van der Waals surface area contributed by atoms with E-state index in [0.717, 1.165) is 4.47 Å². The Kier molecular flexibility index (Phi) is 4.01. The van der Waals surface area contributed by atoms with Crippen LogP contribution < -0.4 is 5.32 Å². The molecule has 1 heterocycles. The Labute approximate surface area is 124 Å². The lowest BCUT2D eigenvalue weighted by atomic mass is 10.1. The minimum atomic E-state index is -1.07. The highest BCUT2D eigenvalue weighted by Crippen LogP contribution is 2.26. The van der Waals surface area contributed by atoms with Crippen molar-refractivity contribution in [1.29, 1.82) is 5.26 Å². The first-order chi connectivity index (χ1) is 9.51. The van der Waals surface area contributed by atoms with Gasteiger partial charge >= 0.3 is 5.97 Å². The van der Waals surface area contributed by atoms with E-state index in [2.05, 4.69) is 32.3 Å². The number of nitriles is 1. The lowest BCUT2D eigenvalue weighted by Gasteiger charge is -2.11. The monoisotopic (exact) mass is 331 g/mol. The molecule has 2 N–H and O–H groups in total. The summed E-state index contributed by atoms with van der Waals surface area (Å²) in [6.07, 6.45) is 1.30. The van der Waals surface area contributed by atoms with Crippen LogP contribution in [-0.4, -0.2) is 16.1 Å². The Hall–Kier alpha value is -2.39. The van der Waals surface area contributed by atoms with E-state index in [1.54, 1.807) is 31.2 Å². The number of pyridine rings is 1. The lowest BCUT2D eigenvalue weighted by Crippen LogP contribution is -2.05. The Bertz CT molecular complexity index is 723. The fraction of sp³-hybridized carbons (Fsp3) is 0.0714. The van der Waals surface area contributed by atoms with Gasteiger partial charge in [0.05, 0.1) is 16.9 Å². The first-order valence-corrected chi connectivity index (χ1v) is 6.47. The molecule has 0 aliphatic carbocycles. The highest BCUT2D eigenvalue weighted by molar-refractivity contribution is 9.10. The summed E-state index contributed by atoms with van der Waals surface area (Å²) in [5.41, 5.74) is 2.12. The quantitative estimate of drug-likeness (QED) is 0.899. The minimum Gasteiger partial charge on any atom is -0.478 e. The van der Waals surface area contributed by atoms with Crippen LogP contribution >= 0.6 is 15.9 Å². The van der Waals surface area contributed by atoms with Crippen LogP contribution in [0, 0.1) is 18.3 Å². The third-order valence-electron chi connectivity index (χ3n) is 2.64.